The number of nitrogens with one attached hydrogen (secondary N) is 2. The highest BCUT2D eigenvalue weighted by atomic mass is 79.9. The molecule has 1 amide bonds. The third kappa shape index (κ3) is 3.27. The third-order valence-corrected chi connectivity index (χ3v) is 4.22. The Morgan fingerprint density at radius 1 is 1.27 bits per heavy atom. The average Bonchev–Trinajstić information content (AvgIpc) is 2.42. The maximum Gasteiger partial charge on any atom is 0.279 e. The van der Waals surface area contributed by atoms with E-state index < -0.39 is 17.0 Å². The number of carbonyl (C=O) groups is 1. The molecule has 22 heavy (non-hydrogen) atoms. The van der Waals surface area contributed by atoms with Gasteiger partial charge in [0.05, 0.1) is 11.2 Å². The molecule has 2 rings (SSSR count). The summed E-state index contributed by atoms with van der Waals surface area (Å²) in [7, 11) is 0. The van der Waals surface area contributed by atoms with Crippen molar-refractivity contribution in [3.8, 4) is 0 Å². The lowest BCUT2D eigenvalue weighted by Crippen LogP contribution is -2.43. The fraction of sp³-hybridized carbons (Fsp3) is 0.312. The second-order valence-corrected chi connectivity index (χ2v) is 6.54. The number of carbonyl (C=O) groups excluding carboxylic acids is 1. The van der Waals surface area contributed by atoms with Crippen LogP contribution < -0.4 is 10.9 Å². The van der Waals surface area contributed by atoms with Gasteiger partial charge in [0.25, 0.3) is 11.5 Å². The fourth-order valence-electron chi connectivity index (χ4n) is 2.15. The van der Waals surface area contributed by atoms with Crippen LogP contribution in [0, 0.1) is 13.8 Å². The van der Waals surface area contributed by atoms with Gasteiger partial charge in [-0.3, -0.25) is 9.59 Å². The maximum atomic E-state index is 12.4. The molecule has 0 saturated carbocycles. The summed E-state index contributed by atoms with van der Waals surface area (Å²) in [4.78, 5) is 31.1. The quantitative estimate of drug-likeness (QED) is 0.880. The number of aryl methyl sites for hydroxylation is 2. The number of H-pyrrole nitrogens is 1. The molecule has 0 unspecified atom stereocenters. The van der Waals surface area contributed by atoms with E-state index in [0.29, 0.717) is 11.4 Å². The minimum atomic E-state index is -0.649. The molecule has 6 heteroatoms. The molecule has 2 N–H and O–H groups in total. The molecule has 1 aromatic heterocycles. The van der Waals surface area contributed by atoms with Gasteiger partial charge in [-0.25, -0.2) is 4.98 Å². The first-order chi connectivity index (χ1) is 10.2. The zero-order chi connectivity index (χ0) is 16.5. The normalized spacial score (nSPS) is 11.3. The third-order valence-electron chi connectivity index (χ3n) is 3.53. The Hall–Kier alpha value is -1.95. The van der Waals surface area contributed by atoms with E-state index in [-0.39, 0.29) is 5.69 Å². The number of amides is 1. The first-order valence-electron chi connectivity index (χ1n) is 6.87. The number of rotatable bonds is 3. The molecule has 0 aliphatic rings. The summed E-state index contributed by atoms with van der Waals surface area (Å²) >= 11 is 3.48. The molecule has 0 bridgehead atoms. The van der Waals surface area contributed by atoms with Gasteiger partial charge in [0, 0.05) is 10.2 Å². The first kappa shape index (κ1) is 16.4. The summed E-state index contributed by atoms with van der Waals surface area (Å²) in [5.41, 5.74) is 0.954. The van der Waals surface area contributed by atoms with Crippen LogP contribution >= 0.6 is 15.9 Å². The molecule has 0 aliphatic carbocycles. The van der Waals surface area contributed by atoms with Crippen molar-refractivity contribution in [3.63, 3.8) is 0 Å². The zero-order valence-electron chi connectivity index (χ0n) is 13.0. The van der Waals surface area contributed by atoms with Crippen molar-refractivity contribution >= 4 is 21.8 Å². The molecule has 0 saturated heterocycles. The van der Waals surface area contributed by atoms with Crippen LogP contribution in [-0.2, 0) is 5.54 Å². The van der Waals surface area contributed by atoms with Crippen molar-refractivity contribution in [1.82, 2.24) is 15.3 Å². The summed E-state index contributed by atoms with van der Waals surface area (Å²) in [5.74, 6) is -0.495. The Morgan fingerprint density at radius 3 is 2.55 bits per heavy atom. The highest BCUT2D eigenvalue weighted by molar-refractivity contribution is 9.10. The van der Waals surface area contributed by atoms with Gasteiger partial charge in [-0.15, -0.1) is 0 Å². The molecular weight excluding hydrogens is 346 g/mol. The second-order valence-electron chi connectivity index (χ2n) is 5.68. The molecule has 0 atom stereocenters. The smallest absolute Gasteiger partial charge is 0.279 e. The van der Waals surface area contributed by atoms with E-state index in [0.717, 1.165) is 10.0 Å². The van der Waals surface area contributed by atoms with Gasteiger partial charge in [0.2, 0.25) is 0 Å². The lowest BCUT2D eigenvalue weighted by atomic mass is 9.94. The Morgan fingerprint density at radius 2 is 1.91 bits per heavy atom. The number of benzene rings is 1. The molecule has 0 radical (unpaired) electrons. The Balaban J connectivity index is 2.34. The summed E-state index contributed by atoms with van der Waals surface area (Å²) in [6.07, 6.45) is 0. The lowest BCUT2D eigenvalue weighted by Gasteiger charge is -2.27. The molecule has 1 aromatic carbocycles. The molecule has 1 heterocycles. The summed E-state index contributed by atoms with van der Waals surface area (Å²) < 4.78 is 0.891. The Bertz CT molecular complexity index is 781. The number of aromatic nitrogens is 2. The van der Waals surface area contributed by atoms with Crippen molar-refractivity contribution in [1.29, 1.82) is 0 Å². The number of aromatic amines is 1. The van der Waals surface area contributed by atoms with E-state index in [9.17, 15) is 9.59 Å². The molecular formula is C16H18BrN3O2. The summed E-state index contributed by atoms with van der Waals surface area (Å²) in [5, 5.41) is 2.87. The van der Waals surface area contributed by atoms with Crippen LogP contribution in [0.2, 0.25) is 0 Å². The average molecular weight is 364 g/mol. The highest BCUT2D eigenvalue weighted by Crippen LogP contribution is 2.27. The van der Waals surface area contributed by atoms with E-state index in [1.807, 2.05) is 38.1 Å². The molecule has 0 fully saturated rings. The molecule has 0 aliphatic heterocycles. The van der Waals surface area contributed by atoms with Crippen molar-refractivity contribution < 1.29 is 4.79 Å². The van der Waals surface area contributed by atoms with E-state index in [4.69, 9.17) is 0 Å². The molecule has 116 valence electrons. The van der Waals surface area contributed by atoms with E-state index >= 15 is 0 Å². The van der Waals surface area contributed by atoms with Crippen LogP contribution in [0.4, 0.5) is 0 Å². The summed E-state index contributed by atoms with van der Waals surface area (Å²) in [6.45, 7) is 7.25. The predicted octanol–water partition coefficient (Wildman–Crippen LogP) is 2.81. The van der Waals surface area contributed by atoms with E-state index in [2.05, 4.69) is 31.2 Å². The fourth-order valence-corrected chi connectivity index (χ4v) is 2.94. The SMILES string of the molecule is Cc1nc(C(=O)NC(C)(C)c2ccccc2Br)c(=O)[nH]c1C. The monoisotopic (exact) mass is 363 g/mol. The van der Waals surface area contributed by atoms with Crippen molar-refractivity contribution in [2.75, 3.05) is 0 Å². The lowest BCUT2D eigenvalue weighted by molar-refractivity contribution is 0.0904. The Kier molecular flexibility index (Phi) is 4.51. The first-order valence-corrected chi connectivity index (χ1v) is 7.66. The second kappa shape index (κ2) is 6.04. The predicted molar refractivity (Wildman–Crippen MR) is 89.0 cm³/mol. The van der Waals surface area contributed by atoms with E-state index in [1.165, 1.54) is 0 Å². The van der Waals surface area contributed by atoms with Gasteiger partial charge >= 0.3 is 0 Å². The number of nitrogens with zero attached hydrogens (tertiary/aromatic N) is 1. The maximum absolute atomic E-state index is 12.4. The largest absolute Gasteiger partial charge is 0.342 e. The Labute approximate surface area is 137 Å². The van der Waals surface area contributed by atoms with Crippen LogP contribution in [0.3, 0.4) is 0 Å². The van der Waals surface area contributed by atoms with Crippen molar-refractivity contribution in [3.05, 3.63) is 61.7 Å². The minimum absolute atomic E-state index is 0.122. The topological polar surface area (TPSA) is 74.8 Å². The van der Waals surface area contributed by atoms with Crippen LogP contribution in [-0.4, -0.2) is 15.9 Å². The summed E-state index contributed by atoms with van der Waals surface area (Å²) in [6, 6.07) is 7.63. The number of hydrogen-bond acceptors (Lipinski definition) is 3. The van der Waals surface area contributed by atoms with Gasteiger partial charge in [0.15, 0.2) is 5.69 Å². The van der Waals surface area contributed by atoms with Gasteiger partial charge < -0.3 is 10.3 Å². The van der Waals surface area contributed by atoms with Gasteiger partial charge in [-0.2, -0.15) is 0 Å². The minimum Gasteiger partial charge on any atom is -0.342 e. The van der Waals surface area contributed by atoms with Gasteiger partial charge in [-0.1, -0.05) is 34.1 Å². The molecule has 5 nitrogen and oxygen atoms in total. The number of halogens is 1. The van der Waals surface area contributed by atoms with Crippen molar-refractivity contribution in [2.45, 2.75) is 33.2 Å². The standard InChI is InChI=1S/C16H18BrN3O2/c1-9-10(2)19-14(21)13(18-9)15(22)20-16(3,4)11-7-5-6-8-12(11)17/h5-8H,1-4H3,(H,19,21)(H,20,22). The van der Waals surface area contributed by atoms with Crippen LogP contribution in [0.15, 0.2) is 33.5 Å². The van der Waals surface area contributed by atoms with Gasteiger partial charge in [-0.05, 0) is 39.3 Å². The zero-order valence-corrected chi connectivity index (χ0v) is 14.5. The van der Waals surface area contributed by atoms with Crippen molar-refractivity contribution in [2.24, 2.45) is 0 Å². The highest BCUT2D eigenvalue weighted by Gasteiger charge is 2.27. The van der Waals surface area contributed by atoms with Crippen LogP contribution in [0.5, 0.6) is 0 Å². The van der Waals surface area contributed by atoms with Crippen LogP contribution in [0.25, 0.3) is 0 Å². The number of hydrogen-bond donors (Lipinski definition) is 2. The van der Waals surface area contributed by atoms with Gasteiger partial charge in [0.1, 0.15) is 0 Å². The van der Waals surface area contributed by atoms with E-state index in [1.54, 1.807) is 13.8 Å². The molecule has 0 spiro atoms. The molecule has 2 aromatic rings. The van der Waals surface area contributed by atoms with Crippen LogP contribution in [0.1, 0.15) is 41.3 Å².